The van der Waals surface area contributed by atoms with Crippen LogP contribution in [-0.2, 0) is 25.7 Å². The van der Waals surface area contributed by atoms with Crippen LogP contribution in [0, 0.1) is 5.92 Å². The lowest BCUT2D eigenvalue weighted by Crippen LogP contribution is -2.36. The van der Waals surface area contributed by atoms with Gasteiger partial charge in [0.1, 0.15) is 13.2 Å². The quantitative estimate of drug-likeness (QED) is 0.524. The maximum absolute atomic E-state index is 12.8. The number of pyridine rings is 1. The van der Waals surface area contributed by atoms with Crippen LogP contribution in [0.1, 0.15) is 48.2 Å². The molecule has 0 spiro atoms. The van der Waals surface area contributed by atoms with Crippen LogP contribution in [0.2, 0.25) is 0 Å². The highest BCUT2D eigenvalue weighted by Gasteiger charge is 2.25. The van der Waals surface area contributed by atoms with Crippen LogP contribution in [0.25, 0.3) is 22.0 Å². The number of aromatic nitrogens is 1. The van der Waals surface area contributed by atoms with Gasteiger partial charge in [-0.1, -0.05) is 67.8 Å². The highest BCUT2D eigenvalue weighted by Crippen LogP contribution is 2.34. The first-order valence-corrected chi connectivity index (χ1v) is 11.6. The number of hydrogen-bond acceptors (Lipinski definition) is 6. The second kappa shape index (κ2) is 10.9. The Kier molecular flexibility index (Phi) is 7.52. The third-order valence-electron chi connectivity index (χ3n) is 6.17. The van der Waals surface area contributed by atoms with Crippen molar-refractivity contribution in [1.82, 2.24) is 10.3 Å². The van der Waals surface area contributed by atoms with E-state index in [9.17, 15) is 14.4 Å². The number of carbonyl (C=O) groups is 3. The SMILES string of the molecule is COC(=O)c1c(COC(=O)CNC(=O)C2CCCCC2)nc2ccccc2c1-c1ccccc1. The molecular weight excluding hydrogens is 432 g/mol. The molecule has 1 saturated carbocycles. The number of ether oxygens (including phenoxy) is 2. The van der Waals surface area contributed by atoms with E-state index in [-0.39, 0.29) is 30.5 Å². The van der Waals surface area contributed by atoms with Gasteiger partial charge in [0.05, 0.1) is 23.9 Å². The summed E-state index contributed by atoms with van der Waals surface area (Å²) in [5, 5.41) is 3.47. The molecule has 1 aliphatic carbocycles. The molecule has 3 aromatic rings. The number of para-hydroxylation sites is 1. The fourth-order valence-electron chi connectivity index (χ4n) is 4.46. The Morgan fingerprint density at radius 3 is 2.41 bits per heavy atom. The number of fused-ring (bicyclic) bond motifs is 1. The third kappa shape index (κ3) is 5.25. The van der Waals surface area contributed by atoms with Crippen LogP contribution in [-0.4, -0.2) is 36.5 Å². The van der Waals surface area contributed by atoms with E-state index < -0.39 is 11.9 Å². The average Bonchev–Trinajstić information content (AvgIpc) is 2.90. The molecule has 176 valence electrons. The Hall–Kier alpha value is -3.74. The summed E-state index contributed by atoms with van der Waals surface area (Å²) in [4.78, 5) is 42.2. The van der Waals surface area contributed by atoms with E-state index >= 15 is 0 Å². The maximum atomic E-state index is 12.8. The van der Waals surface area contributed by atoms with Gasteiger partial charge in [0.15, 0.2) is 0 Å². The lowest BCUT2D eigenvalue weighted by molar-refractivity contribution is -0.145. The summed E-state index contributed by atoms with van der Waals surface area (Å²) in [5.41, 5.74) is 2.73. The van der Waals surface area contributed by atoms with E-state index in [0.717, 1.165) is 43.1 Å². The minimum Gasteiger partial charge on any atom is -0.465 e. The standard InChI is InChI=1S/C27H28N2O5/c1-33-27(32)25-22(17-34-23(30)16-28-26(31)19-12-6-3-7-13-19)29-21-15-9-8-14-20(21)24(25)18-10-4-2-5-11-18/h2,4-5,8-11,14-15,19H,3,6-7,12-13,16-17H2,1H3,(H,28,31). The molecule has 4 rings (SSSR count). The Labute approximate surface area is 198 Å². The zero-order valence-corrected chi connectivity index (χ0v) is 19.2. The van der Waals surface area contributed by atoms with Crippen molar-refractivity contribution in [1.29, 1.82) is 0 Å². The highest BCUT2D eigenvalue weighted by atomic mass is 16.5. The Bertz CT molecular complexity index is 1190. The topological polar surface area (TPSA) is 94.6 Å². The normalized spacial score (nSPS) is 13.9. The largest absolute Gasteiger partial charge is 0.465 e. The Morgan fingerprint density at radius 2 is 1.68 bits per heavy atom. The fourth-order valence-corrected chi connectivity index (χ4v) is 4.46. The van der Waals surface area contributed by atoms with Crippen molar-refractivity contribution in [3.05, 3.63) is 65.9 Å². The molecule has 7 heteroatoms. The van der Waals surface area contributed by atoms with Crippen molar-refractivity contribution >= 4 is 28.7 Å². The van der Waals surface area contributed by atoms with Gasteiger partial charge in [0.25, 0.3) is 0 Å². The van der Waals surface area contributed by atoms with Gasteiger partial charge in [-0.05, 0) is 24.5 Å². The summed E-state index contributed by atoms with van der Waals surface area (Å²) in [6, 6.07) is 17.0. The number of benzene rings is 2. The minimum atomic E-state index is -0.587. The predicted molar refractivity (Wildman–Crippen MR) is 128 cm³/mol. The summed E-state index contributed by atoms with van der Waals surface area (Å²) >= 11 is 0. The number of nitrogens with one attached hydrogen (secondary N) is 1. The molecule has 1 aromatic heterocycles. The van der Waals surface area contributed by atoms with Crippen LogP contribution in [0.3, 0.4) is 0 Å². The molecule has 0 saturated heterocycles. The molecule has 1 aliphatic rings. The van der Waals surface area contributed by atoms with Crippen molar-refractivity contribution in [2.75, 3.05) is 13.7 Å². The van der Waals surface area contributed by atoms with E-state index in [4.69, 9.17) is 9.47 Å². The van der Waals surface area contributed by atoms with Crippen LogP contribution in [0.15, 0.2) is 54.6 Å². The lowest BCUT2D eigenvalue weighted by Gasteiger charge is -2.20. The van der Waals surface area contributed by atoms with Crippen molar-refractivity contribution in [2.45, 2.75) is 38.7 Å². The molecule has 0 bridgehead atoms. The number of rotatable bonds is 7. The molecule has 2 aromatic carbocycles. The number of amides is 1. The van der Waals surface area contributed by atoms with Crippen LogP contribution in [0.4, 0.5) is 0 Å². The predicted octanol–water partition coefficient (Wildman–Crippen LogP) is 4.43. The highest BCUT2D eigenvalue weighted by molar-refractivity contribution is 6.07. The average molecular weight is 461 g/mol. The van der Waals surface area contributed by atoms with Crippen molar-refractivity contribution < 1.29 is 23.9 Å². The number of carbonyl (C=O) groups excluding carboxylic acids is 3. The first-order valence-electron chi connectivity index (χ1n) is 11.6. The van der Waals surface area contributed by atoms with E-state index in [1.54, 1.807) is 0 Å². The maximum Gasteiger partial charge on any atom is 0.340 e. The van der Waals surface area contributed by atoms with Gasteiger partial charge in [-0.2, -0.15) is 0 Å². The van der Waals surface area contributed by atoms with Crippen molar-refractivity contribution in [2.24, 2.45) is 5.92 Å². The van der Waals surface area contributed by atoms with Gasteiger partial charge < -0.3 is 14.8 Å². The summed E-state index contributed by atoms with van der Waals surface area (Å²) in [5.74, 6) is -1.30. The van der Waals surface area contributed by atoms with Crippen molar-refractivity contribution in [3.8, 4) is 11.1 Å². The summed E-state index contributed by atoms with van der Waals surface area (Å²) in [6.07, 6.45) is 4.93. The molecule has 1 N–H and O–H groups in total. The Balaban J connectivity index is 1.57. The van der Waals surface area contributed by atoms with Gasteiger partial charge >= 0.3 is 11.9 Å². The molecule has 0 aliphatic heterocycles. The monoisotopic (exact) mass is 460 g/mol. The van der Waals surface area contributed by atoms with Crippen LogP contribution < -0.4 is 5.32 Å². The number of methoxy groups -OCH3 is 1. The van der Waals surface area contributed by atoms with Gasteiger partial charge in [-0.15, -0.1) is 0 Å². The molecule has 1 fully saturated rings. The van der Waals surface area contributed by atoms with E-state index in [0.29, 0.717) is 16.8 Å². The smallest absolute Gasteiger partial charge is 0.340 e. The van der Waals surface area contributed by atoms with E-state index in [1.807, 2.05) is 54.6 Å². The van der Waals surface area contributed by atoms with Crippen molar-refractivity contribution in [3.63, 3.8) is 0 Å². The van der Waals surface area contributed by atoms with Crippen LogP contribution >= 0.6 is 0 Å². The first-order chi connectivity index (χ1) is 16.6. The van der Waals surface area contributed by atoms with E-state index in [2.05, 4.69) is 10.3 Å². The molecule has 1 heterocycles. The van der Waals surface area contributed by atoms with Gasteiger partial charge in [-0.3, -0.25) is 9.59 Å². The number of nitrogens with zero attached hydrogens (tertiary/aromatic N) is 1. The van der Waals surface area contributed by atoms with Gasteiger partial charge in [0, 0.05) is 16.9 Å². The molecule has 0 unspecified atom stereocenters. The first kappa shape index (κ1) is 23.4. The fraction of sp³-hybridized carbons (Fsp3) is 0.333. The molecular formula is C27H28N2O5. The molecule has 34 heavy (non-hydrogen) atoms. The number of hydrogen-bond donors (Lipinski definition) is 1. The number of esters is 2. The third-order valence-corrected chi connectivity index (χ3v) is 6.17. The van der Waals surface area contributed by atoms with Gasteiger partial charge in [-0.25, -0.2) is 9.78 Å². The Morgan fingerprint density at radius 1 is 0.971 bits per heavy atom. The molecule has 1 amide bonds. The lowest BCUT2D eigenvalue weighted by atomic mass is 9.89. The molecule has 0 radical (unpaired) electrons. The summed E-state index contributed by atoms with van der Waals surface area (Å²) in [6.45, 7) is -0.435. The second-order valence-electron chi connectivity index (χ2n) is 8.40. The minimum absolute atomic E-state index is 0.0388. The molecule has 0 atom stereocenters. The zero-order valence-electron chi connectivity index (χ0n) is 19.2. The van der Waals surface area contributed by atoms with E-state index in [1.165, 1.54) is 7.11 Å². The zero-order chi connectivity index (χ0) is 23.9. The van der Waals surface area contributed by atoms with Crippen LogP contribution in [0.5, 0.6) is 0 Å². The summed E-state index contributed by atoms with van der Waals surface area (Å²) < 4.78 is 10.5. The van der Waals surface area contributed by atoms with Gasteiger partial charge in [0.2, 0.25) is 5.91 Å². The molecule has 7 nitrogen and oxygen atoms in total. The summed E-state index contributed by atoms with van der Waals surface area (Å²) in [7, 11) is 1.31. The second-order valence-corrected chi connectivity index (χ2v) is 8.40.